The number of aryl methyl sites for hydroxylation is 2. The van der Waals surface area contributed by atoms with Gasteiger partial charge in [-0.1, -0.05) is 17.3 Å². The van der Waals surface area contributed by atoms with E-state index < -0.39 is 10.0 Å². The molecular formula is C20H18N6O4S. The van der Waals surface area contributed by atoms with Crippen LogP contribution in [0.4, 0.5) is 5.82 Å². The minimum atomic E-state index is -4.03. The Morgan fingerprint density at radius 3 is 2.42 bits per heavy atom. The highest BCUT2D eigenvalue weighted by atomic mass is 32.2. The lowest BCUT2D eigenvalue weighted by Gasteiger charge is -2.13. The Labute approximate surface area is 178 Å². The molecule has 0 amide bonds. The normalized spacial score (nSPS) is 11.3. The van der Waals surface area contributed by atoms with Crippen molar-refractivity contribution in [3.63, 3.8) is 0 Å². The van der Waals surface area contributed by atoms with Gasteiger partial charge >= 0.3 is 0 Å². The quantitative estimate of drug-likeness (QED) is 0.482. The Balaban J connectivity index is 1.70. The van der Waals surface area contributed by atoms with Crippen molar-refractivity contribution in [1.82, 2.24) is 25.1 Å². The van der Waals surface area contributed by atoms with E-state index in [0.29, 0.717) is 28.5 Å². The van der Waals surface area contributed by atoms with Gasteiger partial charge in [0.25, 0.3) is 21.8 Å². The fraction of sp³-hybridized carbons (Fsp3) is 0.150. The van der Waals surface area contributed by atoms with Gasteiger partial charge in [-0.2, -0.15) is 4.98 Å². The average molecular weight is 438 g/mol. The molecule has 11 heteroatoms. The zero-order chi connectivity index (χ0) is 22.0. The van der Waals surface area contributed by atoms with Gasteiger partial charge in [0.2, 0.25) is 5.82 Å². The van der Waals surface area contributed by atoms with Crippen LogP contribution in [0, 0.1) is 13.8 Å². The van der Waals surface area contributed by atoms with Crippen LogP contribution in [0.2, 0.25) is 0 Å². The Hall–Kier alpha value is -3.86. The highest BCUT2D eigenvalue weighted by Gasteiger charge is 2.23. The van der Waals surface area contributed by atoms with E-state index in [2.05, 4.69) is 29.8 Å². The summed E-state index contributed by atoms with van der Waals surface area (Å²) < 4.78 is 39.0. The molecular weight excluding hydrogens is 420 g/mol. The van der Waals surface area contributed by atoms with Gasteiger partial charge in [0.1, 0.15) is 4.90 Å². The van der Waals surface area contributed by atoms with Gasteiger partial charge in [-0.3, -0.25) is 9.71 Å². The summed E-state index contributed by atoms with van der Waals surface area (Å²) in [6, 6.07) is 10.0. The third-order valence-electron chi connectivity index (χ3n) is 4.28. The van der Waals surface area contributed by atoms with Crippen LogP contribution < -0.4 is 9.46 Å². The lowest BCUT2D eigenvalue weighted by Crippen LogP contribution is -2.16. The van der Waals surface area contributed by atoms with E-state index in [-0.39, 0.29) is 22.3 Å². The number of nitrogens with one attached hydrogen (secondary N) is 1. The van der Waals surface area contributed by atoms with E-state index in [9.17, 15) is 8.42 Å². The summed E-state index contributed by atoms with van der Waals surface area (Å²) in [6.07, 6.45) is 2.97. The smallest absolute Gasteiger partial charge is 0.265 e. The molecule has 0 unspecified atom stereocenters. The predicted octanol–water partition coefficient (Wildman–Crippen LogP) is 3.01. The summed E-state index contributed by atoms with van der Waals surface area (Å²) in [5.41, 5.74) is 2.19. The molecule has 158 valence electrons. The number of methoxy groups -OCH3 is 1. The largest absolute Gasteiger partial charge is 0.478 e. The molecule has 0 fully saturated rings. The molecule has 4 rings (SSSR count). The maximum Gasteiger partial charge on any atom is 0.265 e. The van der Waals surface area contributed by atoms with E-state index in [0.717, 1.165) is 0 Å². The molecule has 4 aromatic rings. The van der Waals surface area contributed by atoms with Crippen molar-refractivity contribution < 1.29 is 17.7 Å². The average Bonchev–Trinajstić information content (AvgIpc) is 3.21. The van der Waals surface area contributed by atoms with E-state index >= 15 is 0 Å². The van der Waals surface area contributed by atoms with Crippen LogP contribution in [0.25, 0.3) is 22.7 Å². The van der Waals surface area contributed by atoms with Crippen LogP contribution in [-0.2, 0) is 10.0 Å². The summed E-state index contributed by atoms with van der Waals surface area (Å²) >= 11 is 0. The third kappa shape index (κ3) is 4.21. The maximum atomic E-state index is 13.1. The Bertz CT molecular complexity index is 1340. The molecule has 10 nitrogen and oxygen atoms in total. The number of aromatic nitrogens is 5. The van der Waals surface area contributed by atoms with Crippen molar-refractivity contribution in [3.05, 3.63) is 60.3 Å². The van der Waals surface area contributed by atoms with Gasteiger partial charge < -0.3 is 9.26 Å². The van der Waals surface area contributed by atoms with E-state index in [1.54, 1.807) is 44.2 Å². The first-order chi connectivity index (χ1) is 14.9. The molecule has 31 heavy (non-hydrogen) atoms. The molecule has 0 aliphatic carbocycles. The molecule has 0 radical (unpaired) electrons. The monoisotopic (exact) mass is 438 g/mol. The number of ether oxygens (including phenoxy) is 1. The summed E-state index contributed by atoms with van der Waals surface area (Å²) in [7, 11) is -2.64. The van der Waals surface area contributed by atoms with Crippen molar-refractivity contribution in [2.24, 2.45) is 0 Å². The number of sulfonamides is 1. The second-order valence-electron chi connectivity index (χ2n) is 6.55. The van der Waals surface area contributed by atoms with Crippen LogP contribution >= 0.6 is 0 Å². The minimum absolute atomic E-state index is 0.00925. The predicted molar refractivity (Wildman–Crippen MR) is 112 cm³/mol. The second kappa shape index (κ2) is 8.11. The first-order valence-electron chi connectivity index (χ1n) is 9.14. The van der Waals surface area contributed by atoms with Crippen LogP contribution in [0.1, 0.15) is 11.5 Å². The highest BCUT2D eigenvalue weighted by molar-refractivity contribution is 7.92. The molecule has 0 atom stereocenters. The molecule has 0 bridgehead atoms. The van der Waals surface area contributed by atoms with Gasteiger partial charge in [0.05, 0.1) is 24.7 Å². The standard InChI is InChI=1S/C20H18N6O4S/c1-12-11-22-18(20(23-12)29-3)26-31(27,28)16-5-4-10-21-17(16)14-6-8-15(9-7-14)19-24-13(2)25-30-19/h4-11H,1-3H3,(H,22,26). The van der Waals surface area contributed by atoms with Crippen molar-refractivity contribution >= 4 is 15.8 Å². The highest BCUT2D eigenvalue weighted by Crippen LogP contribution is 2.29. The van der Waals surface area contributed by atoms with Gasteiger partial charge in [0.15, 0.2) is 5.82 Å². The van der Waals surface area contributed by atoms with Crippen molar-refractivity contribution in [2.45, 2.75) is 18.7 Å². The van der Waals surface area contributed by atoms with E-state index in [4.69, 9.17) is 9.26 Å². The lowest BCUT2D eigenvalue weighted by molar-refractivity contribution is 0.397. The lowest BCUT2D eigenvalue weighted by atomic mass is 10.1. The number of pyridine rings is 1. The van der Waals surface area contributed by atoms with Crippen LogP contribution in [0.3, 0.4) is 0 Å². The zero-order valence-electron chi connectivity index (χ0n) is 16.9. The molecule has 3 aromatic heterocycles. The first-order valence-corrected chi connectivity index (χ1v) is 10.6. The topological polar surface area (TPSA) is 133 Å². The first kappa shape index (κ1) is 20.4. The molecule has 0 spiro atoms. The summed E-state index contributed by atoms with van der Waals surface area (Å²) in [4.78, 5) is 16.7. The molecule has 0 saturated carbocycles. The van der Waals surface area contributed by atoms with Gasteiger partial charge in [0, 0.05) is 17.3 Å². The van der Waals surface area contributed by atoms with E-state index in [1.165, 1.54) is 25.6 Å². The number of anilines is 1. The maximum absolute atomic E-state index is 13.1. The fourth-order valence-electron chi connectivity index (χ4n) is 2.86. The molecule has 0 aliphatic rings. The minimum Gasteiger partial charge on any atom is -0.478 e. The molecule has 3 heterocycles. The second-order valence-corrected chi connectivity index (χ2v) is 8.20. The molecule has 1 aromatic carbocycles. The number of hydrogen-bond acceptors (Lipinski definition) is 9. The summed E-state index contributed by atoms with van der Waals surface area (Å²) in [5, 5.41) is 3.77. The Morgan fingerprint density at radius 2 is 1.74 bits per heavy atom. The summed E-state index contributed by atoms with van der Waals surface area (Å²) in [6.45, 7) is 3.46. The van der Waals surface area contributed by atoms with Crippen LogP contribution in [0.15, 0.2) is 58.2 Å². The van der Waals surface area contributed by atoms with Gasteiger partial charge in [-0.25, -0.2) is 18.4 Å². The Morgan fingerprint density at radius 1 is 1.00 bits per heavy atom. The van der Waals surface area contributed by atoms with Crippen LogP contribution in [0.5, 0.6) is 5.88 Å². The molecule has 0 aliphatic heterocycles. The molecule has 1 N–H and O–H groups in total. The number of benzene rings is 1. The van der Waals surface area contributed by atoms with Crippen molar-refractivity contribution in [1.29, 1.82) is 0 Å². The Kier molecular flexibility index (Phi) is 5.34. The number of hydrogen-bond donors (Lipinski definition) is 1. The van der Waals surface area contributed by atoms with Crippen molar-refractivity contribution in [2.75, 3.05) is 11.8 Å². The SMILES string of the molecule is COc1nc(C)cnc1NS(=O)(=O)c1cccnc1-c1ccc(-c2nc(C)no2)cc1. The van der Waals surface area contributed by atoms with Gasteiger partial charge in [-0.15, -0.1) is 0 Å². The zero-order valence-corrected chi connectivity index (χ0v) is 17.7. The fourth-order valence-corrected chi connectivity index (χ4v) is 4.05. The number of rotatable bonds is 6. The van der Waals surface area contributed by atoms with Crippen molar-refractivity contribution in [3.8, 4) is 28.6 Å². The number of nitrogens with zero attached hydrogens (tertiary/aromatic N) is 5. The van der Waals surface area contributed by atoms with E-state index in [1.807, 2.05) is 0 Å². The van der Waals surface area contributed by atoms with Gasteiger partial charge in [-0.05, 0) is 38.1 Å². The molecule has 0 saturated heterocycles. The third-order valence-corrected chi connectivity index (χ3v) is 5.65. The summed E-state index contributed by atoms with van der Waals surface area (Å²) in [5.74, 6) is 0.973. The van der Waals surface area contributed by atoms with Crippen LogP contribution in [-0.4, -0.2) is 40.6 Å².